The molecule has 0 bridgehead atoms. The summed E-state index contributed by atoms with van der Waals surface area (Å²) < 4.78 is 14.4. The molecule has 0 aliphatic carbocycles. The Morgan fingerprint density at radius 1 is 1.00 bits per heavy atom. The van der Waals surface area contributed by atoms with Gasteiger partial charge >= 0.3 is 0 Å². The first kappa shape index (κ1) is 22.4. The van der Waals surface area contributed by atoms with Gasteiger partial charge in [-0.1, -0.05) is 54.1 Å². The Morgan fingerprint density at radius 2 is 1.82 bits per heavy atom. The number of halogens is 2. The van der Waals surface area contributed by atoms with Crippen molar-refractivity contribution >= 4 is 51.6 Å². The van der Waals surface area contributed by atoms with Crippen molar-refractivity contribution in [3.05, 3.63) is 106 Å². The molecular formula is C27H20ClFN2O2S. The van der Waals surface area contributed by atoms with Gasteiger partial charge in [0.25, 0.3) is 5.91 Å². The van der Waals surface area contributed by atoms with E-state index in [1.54, 1.807) is 18.2 Å². The van der Waals surface area contributed by atoms with E-state index in [0.717, 1.165) is 21.2 Å². The van der Waals surface area contributed by atoms with Gasteiger partial charge in [-0.05, 0) is 52.7 Å². The zero-order valence-corrected chi connectivity index (χ0v) is 19.6. The standard InChI is InChI=1S/C27H20ClFN2O2S/c28-22-6-3-7-23(29)21(22)15-31-24-13-20(10-11-25(24)34-16-26(31)32)27(33)30-14-17-8-9-18-4-1-2-5-19(18)12-17/h1-13H,14-16H2,(H,30,33). The maximum Gasteiger partial charge on any atom is 0.251 e. The first-order valence-electron chi connectivity index (χ1n) is 10.8. The first-order valence-corrected chi connectivity index (χ1v) is 12.1. The Labute approximate surface area is 205 Å². The molecule has 7 heteroatoms. The number of nitrogens with one attached hydrogen (secondary N) is 1. The highest BCUT2D eigenvalue weighted by molar-refractivity contribution is 8.00. The summed E-state index contributed by atoms with van der Waals surface area (Å²) in [5, 5.41) is 5.47. The number of fused-ring (bicyclic) bond motifs is 2. The third-order valence-corrected chi connectivity index (χ3v) is 7.21. The normalized spacial score (nSPS) is 13.1. The Balaban J connectivity index is 1.37. The number of carbonyl (C=O) groups excluding carboxylic acids is 2. The molecule has 34 heavy (non-hydrogen) atoms. The quantitative estimate of drug-likeness (QED) is 0.362. The van der Waals surface area contributed by atoms with Crippen LogP contribution in [0.25, 0.3) is 10.8 Å². The smallest absolute Gasteiger partial charge is 0.251 e. The summed E-state index contributed by atoms with van der Waals surface area (Å²) in [5.74, 6) is -0.634. The number of nitrogens with zero attached hydrogens (tertiary/aromatic N) is 1. The second-order valence-corrected chi connectivity index (χ2v) is 9.44. The van der Waals surface area contributed by atoms with E-state index in [1.165, 1.54) is 28.8 Å². The molecule has 1 heterocycles. The molecule has 4 aromatic rings. The van der Waals surface area contributed by atoms with Gasteiger partial charge in [0, 0.05) is 27.6 Å². The van der Waals surface area contributed by atoms with Crippen LogP contribution in [0, 0.1) is 5.82 Å². The van der Waals surface area contributed by atoms with Gasteiger partial charge in [0.15, 0.2) is 0 Å². The molecule has 0 aromatic heterocycles. The van der Waals surface area contributed by atoms with Crippen LogP contribution >= 0.6 is 23.4 Å². The molecule has 4 aromatic carbocycles. The van der Waals surface area contributed by atoms with Gasteiger partial charge in [-0.15, -0.1) is 11.8 Å². The van der Waals surface area contributed by atoms with E-state index >= 15 is 0 Å². The third-order valence-electron chi connectivity index (χ3n) is 5.81. The number of rotatable bonds is 5. The molecular weight excluding hydrogens is 471 g/mol. The van der Waals surface area contributed by atoms with Crippen LogP contribution in [0.5, 0.6) is 0 Å². The molecule has 0 spiro atoms. The fourth-order valence-corrected chi connectivity index (χ4v) is 5.13. The average molecular weight is 491 g/mol. The highest BCUT2D eigenvalue weighted by Gasteiger charge is 2.27. The number of amides is 2. The fourth-order valence-electron chi connectivity index (χ4n) is 3.99. The lowest BCUT2D eigenvalue weighted by Crippen LogP contribution is -2.35. The average Bonchev–Trinajstić information content (AvgIpc) is 2.85. The van der Waals surface area contributed by atoms with Crippen molar-refractivity contribution in [1.82, 2.24) is 5.32 Å². The monoisotopic (exact) mass is 490 g/mol. The van der Waals surface area contributed by atoms with Crippen LogP contribution in [0.2, 0.25) is 5.02 Å². The number of thioether (sulfide) groups is 1. The molecule has 0 unspecified atom stereocenters. The highest BCUT2D eigenvalue weighted by Crippen LogP contribution is 2.37. The van der Waals surface area contributed by atoms with Gasteiger partial charge in [-0.25, -0.2) is 4.39 Å². The number of anilines is 1. The van der Waals surface area contributed by atoms with E-state index in [1.807, 2.05) is 42.5 Å². The van der Waals surface area contributed by atoms with Gasteiger partial charge < -0.3 is 10.2 Å². The largest absolute Gasteiger partial charge is 0.348 e. The predicted octanol–water partition coefficient (Wildman–Crippen LogP) is 6.20. The molecule has 1 aliphatic heterocycles. The molecule has 1 N–H and O–H groups in total. The SMILES string of the molecule is O=C(NCc1ccc2ccccc2c1)c1ccc2c(c1)N(Cc1c(F)cccc1Cl)C(=O)CS2. The van der Waals surface area contributed by atoms with Gasteiger partial charge in [0.2, 0.25) is 5.91 Å². The van der Waals surface area contributed by atoms with Gasteiger partial charge in [0.1, 0.15) is 5.82 Å². The minimum Gasteiger partial charge on any atom is -0.348 e. The summed E-state index contributed by atoms with van der Waals surface area (Å²) in [4.78, 5) is 28.0. The van der Waals surface area contributed by atoms with Crippen LogP contribution in [-0.2, 0) is 17.9 Å². The van der Waals surface area contributed by atoms with Crippen molar-refractivity contribution in [3.63, 3.8) is 0 Å². The zero-order chi connectivity index (χ0) is 23.7. The first-order chi connectivity index (χ1) is 16.5. The van der Waals surface area contributed by atoms with Gasteiger partial charge in [0.05, 0.1) is 18.0 Å². The maximum atomic E-state index is 14.4. The summed E-state index contributed by atoms with van der Waals surface area (Å²) in [6.45, 7) is 0.378. The molecule has 0 fully saturated rings. The molecule has 5 rings (SSSR count). The Bertz CT molecular complexity index is 1400. The van der Waals surface area contributed by atoms with Crippen LogP contribution in [0.3, 0.4) is 0 Å². The van der Waals surface area contributed by atoms with Crippen molar-refractivity contribution in [3.8, 4) is 0 Å². The van der Waals surface area contributed by atoms with Crippen LogP contribution in [0.1, 0.15) is 21.5 Å². The van der Waals surface area contributed by atoms with Crippen molar-refractivity contribution in [2.24, 2.45) is 0 Å². The summed E-state index contributed by atoms with van der Waals surface area (Å²) in [7, 11) is 0. The van der Waals surface area contributed by atoms with E-state index in [9.17, 15) is 14.0 Å². The molecule has 170 valence electrons. The Morgan fingerprint density at radius 3 is 2.65 bits per heavy atom. The van der Waals surface area contributed by atoms with Crippen LogP contribution in [-0.4, -0.2) is 17.6 Å². The lowest BCUT2D eigenvalue weighted by atomic mass is 10.1. The van der Waals surface area contributed by atoms with E-state index in [2.05, 4.69) is 11.4 Å². The highest BCUT2D eigenvalue weighted by atomic mass is 35.5. The molecule has 2 amide bonds. The van der Waals surface area contributed by atoms with E-state index < -0.39 is 5.82 Å². The summed E-state index contributed by atoms with van der Waals surface area (Å²) >= 11 is 7.60. The molecule has 0 saturated carbocycles. The molecule has 4 nitrogen and oxygen atoms in total. The number of hydrogen-bond donors (Lipinski definition) is 1. The van der Waals surface area contributed by atoms with Gasteiger partial charge in [-0.3, -0.25) is 9.59 Å². The number of benzene rings is 4. The molecule has 0 saturated heterocycles. The number of carbonyl (C=O) groups is 2. The lowest BCUT2D eigenvalue weighted by Gasteiger charge is -2.30. The molecule has 0 radical (unpaired) electrons. The van der Waals surface area contributed by atoms with Crippen molar-refractivity contribution in [2.45, 2.75) is 18.0 Å². The molecule has 1 aliphatic rings. The second-order valence-electron chi connectivity index (χ2n) is 8.02. The maximum absolute atomic E-state index is 14.4. The lowest BCUT2D eigenvalue weighted by molar-refractivity contribution is -0.116. The second kappa shape index (κ2) is 9.49. The molecule has 0 atom stereocenters. The van der Waals surface area contributed by atoms with Crippen LogP contribution in [0.4, 0.5) is 10.1 Å². The fraction of sp³-hybridized carbons (Fsp3) is 0.111. The Kier molecular flexibility index (Phi) is 6.26. The van der Waals surface area contributed by atoms with Crippen molar-refractivity contribution in [1.29, 1.82) is 0 Å². The topological polar surface area (TPSA) is 49.4 Å². The van der Waals surface area contributed by atoms with E-state index in [4.69, 9.17) is 11.6 Å². The van der Waals surface area contributed by atoms with Crippen LogP contribution in [0.15, 0.2) is 83.8 Å². The minimum absolute atomic E-state index is 0.0000615. The third kappa shape index (κ3) is 4.52. The van der Waals surface area contributed by atoms with Crippen LogP contribution < -0.4 is 10.2 Å². The minimum atomic E-state index is -0.468. The predicted molar refractivity (Wildman–Crippen MR) is 135 cm³/mol. The van der Waals surface area contributed by atoms with E-state index in [0.29, 0.717) is 17.8 Å². The summed E-state index contributed by atoms with van der Waals surface area (Å²) in [5.41, 5.74) is 2.26. The van der Waals surface area contributed by atoms with Gasteiger partial charge in [-0.2, -0.15) is 0 Å². The van der Waals surface area contributed by atoms with E-state index in [-0.39, 0.29) is 34.7 Å². The summed E-state index contributed by atoms with van der Waals surface area (Å²) in [6.07, 6.45) is 0. The Hall–Kier alpha value is -3.35. The van der Waals surface area contributed by atoms with Crippen molar-refractivity contribution < 1.29 is 14.0 Å². The van der Waals surface area contributed by atoms with Crippen molar-refractivity contribution in [2.75, 3.05) is 10.7 Å². The number of hydrogen-bond acceptors (Lipinski definition) is 3. The zero-order valence-electron chi connectivity index (χ0n) is 18.1. The summed E-state index contributed by atoms with van der Waals surface area (Å²) in [6, 6.07) is 23.8.